The number of aliphatic hydroxyl groups excluding tert-OH is 1. The Morgan fingerprint density at radius 3 is 2.60 bits per heavy atom. The first-order valence-electron chi connectivity index (χ1n) is 10.5. The Hall–Kier alpha value is -2.45. The van der Waals surface area contributed by atoms with Crippen LogP contribution in [0.25, 0.3) is 0 Å². The summed E-state index contributed by atoms with van der Waals surface area (Å²) in [6, 6.07) is 8.06. The van der Waals surface area contributed by atoms with Crippen LogP contribution >= 0.6 is 0 Å². The van der Waals surface area contributed by atoms with E-state index in [2.05, 4.69) is 10.6 Å². The van der Waals surface area contributed by atoms with Gasteiger partial charge in [-0.15, -0.1) is 0 Å². The van der Waals surface area contributed by atoms with E-state index in [1.807, 2.05) is 37.3 Å². The average Bonchev–Trinajstić information content (AvgIpc) is 3.32. The second-order valence-electron chi connectivity index (χ2n) is 8.82. The average molecular weight is 415 g/mol. The third kappa shape index (κ3) is 2.85. The van der Waals surface area contributed by atoms with Gasteiger partial charge in [-0.3, -0.25) is 14.4 Å². The summed E-state index contributed by atoms with van der Waals surface area (Å²) in [5, 5.41) is 15.4. The molecule has 2 bridgehead atoms. The Balaban J connectivity index is 1.69. The molecule has 8 nitrogen and oxygen atoms in total. The summed E-state index contributed by atoms with van der Waals surface area (Å²) in [4.78, 5) is 41.1. The van der Waals surface area contributed by atoms with Crippen LogP contribution in [-0.4, -0.2) is 64.7 Å². The molecule has 3 heterocycles. The second kappa shape index (κ2) is 7.35. The number of hydrogen-bond acceptors (Lipinski definition) is 5. The van der Waals surface area contributed by atoms with Gasteiger partial charge in [0.2, 0.25) is 17.7 Å². The number of rotatable bonds is 6. The van der Waals surface area contributed by atoms with Crippen LogP contribution in [0.2, 0.25) is 0 Å². The molecule has 0 aromatic heterocycles. The number of hydrogen-bond donors (Lipinski definition) is 3. The third-order valence-corrected chi connectivity index (χ3v) is 7.04. The molecule has 3 saturated heterocycles. The van der Waals surface area contributed by atoms with Crippen molar-refractivity contribution >= 4 is 17.7 Å². The predicted molar refractivity (Wildman–Crippen MR) is 108 cm³/mol. The van der Waals surface area contributed by atoms with E-state index in [0.29, 0.717) is 19.4 Å². The maximum atomic E-state index is 13.5. The number of carbonyl (C=O) groups excluding carboxylic acids is 3. The molecule has 8 heteroatoms. The van der Waals surface area contributed by atoms with Gasteiger partial charge in [0.25, 0.3) is 0 Å². The van der Waals surface area contributed by atoms with Gasteiger partial charge in [-0.2, -0.15) is 0 Å². The van der Waals surface area contributed by atoms with Gasteiger partial charge < -0.3 is 25.4 Å². The van der Waals surface area contributed by atoms with Crippen molar-refractivity contribution in [2.75, 3.05) is 13.7 Å². The minimum Gasteiger partial charge on any atom is -0.394 e. The molecule has 6 atom stereocenters. The zero-order valence-corrected chi connectivity index (χ0v) is 17.6. The molecule has 162 valence electrons. The van der Waals surface area contributed by atoms with E-state index >= 15 is 0 Å². The summed E-state index contributed by atoms with van der Waals surface area (Å²) in [6.45, 7) is 3.60. The van der Waals surface area contributed by atoms with Crippen LogP contribution in [0.4, 0.5) is 0 Å². The number of fused-ring (bicyclic) bond motifs is 1. The van der Waals surface area contributed by atoms with Crippen LogP contribution in [0, 0.1) is 11.8 Å². The first-order chi connectivity index (χ1) is 14.3. The molecule has 0 saturated carbocycles. The van der Waals surface area contributed by atoms with E-state index in [1.54, 1.807) is 14.0 Å². The minimum atomic E-state index is -1.06. The largest absolute Gasteiger partial charge is 0.394 e. The van der Waals surface area contributed by atoms with Gasteiger partial charge in [-0.05, 0) is 32.3 Å². The maximum absolute atomic E-state index is 13.5. The molecule has 0 aliphatic carbocycles. The van der Waals surface area contributed by atoms with Crippen molar-refractivity contribution in [1.29, 1.82) is 0 Å². The van der Waals surface area contributed by atoms with E-state index in [0.717, 1.165) is 5.56 Å². The SMILES string of the molecule is CNC(=O)[C@H]1[C@H]2C(=O)N([C@H](C)CO)C(C(=O)NCc3ccccc3)C23CC[C@]1(C)O3. The lowest BCUT2D eigenvalue weighted by atomic mass is 9.66. The lowest BCUT2D eigenvalue weighted by Gasteiger charge is -2.35. The number of benzene rings is 1. The summed E-state index contributed by atoms with van der Waals surface area (Å²) in [6.07, 6.45) is 1.12. The molecule has 1 spiro atoms. The molecule has 2 unspecified atom stereocenters. The van der Waals surface area contributed by atoms with Crippen LogP contribution in [0.3, 0.4) is 0 Å². The van der Waals surface area contributed by atoms with Crippen molar-refractivity contribution in [3.63, 3.8) is 0 Å². The van der Waals surface area contributed by atoms with Gasteiger partial charge in [-0.1, -0.05) is 30.3 Å². The van der Waals surface area contributed by atoms with Gasteiger partial charge in [0.15, 0.2) is 0 Å². The van der Waals surface area contributed by atoms with E-state index in [1.165, 1.54) is 4.90 Å². The number of carbonyl (C=O) groups is 3. The van der Waals surface area contributed by atoms with Gasteiger partial charge in [0.05, 0.1) is 30.1 Å². The van der Waals surface area contributed by atoms with Crippen molar-refractivity contribution in [2.24, 2.45) is 11.8 Å². The van der Waals surface area contributed by atoms with E-state index in [4.69, 9.17) is 4.74 Å². The molecular weight excluding hydrogens is 386 g/mol. The fourth-order valence-corrected chi connectivity index (χ4v) is 5.66. The first-order valence-corrected chi connectivity index (χ1v) is 10.5. The molecular formula is C22H29N3O5. The fourth-order valence-electron chi connectivity index (χ4n) is 5.66. The Kier molecular flexibility index (Phi) is 5.10. The molecule has 3 fully saturated rings. The first kappa shape index (κ1) is 20.8. The third-order valence-electron chi connectivity index (χ3n) is 7.04. The van der Waals surface area contributed by atoms with Gasteiger partial charge in [0, 0.05) is 13.6 Å². The van der Waals surface area contributed by atoms with Crippen LogP contribution in [0.15, 0.2) is 30.3 Å². The van der Waals surface area contributed by atoms with Gasteiger partial charge >= 0.3 is 0 Å². The molecule has 1 aromatic rings. The smallest absolute Gasteiger partial charge is 0.246 e. The quantitative estimate of drug-likeness (QED) is 0.615. The molecule has 1 aromatic carbocycles. The predicted octanol–water partition coefficient (Wildman–Crippen LogP) is 0.194. The molecule has 30 heavy (non-hydrogen) atoms. The summed E-state index contributed by atoms with van der Waals surface area (Å²) < 4.78 is 6.42. The van der Waals surface area contributed by atoms with E-state index in [9.17, 15) is 19.5 Å². The van der Waals surface area contributed by atoms with Crippen molar-refractivity contribution < 1.29 is 24.2 Å². The fraction of sp³-hybridized carbons (Fsp3) is 0.591. The highest BCUT2D eigenvalue weighted by Crippen LogP contribution is 2.63. The van der Waals surface area contributed by atoms with Crippen LogP contribution in [0.1, 0.15) is 32.3 Å². The van der Waals surface area contributed by atoms with Crippen molar-refractivity contribution in [3.05, 3.63) is 35.9 Å². The van der Waals surface area contributed by atoms with Crippen LogP contribution < -0.4 is 10.6 Å². The minimum absolute atomic E-state index is 0.251. The molecule has 3 N–H and O–H groups in total. The van der Waals surface area contributed by atoms with Gasteiger partial charge in [-0.25, -0.2) is 0 Å². The Bertz CT molecular complexity index is 862. The number of nitrogens with zero attached hydrogens (tertiary/aromatic N) is 1. The van der Waals surface area contributed by atoms with E-state index in [-0.39, 0.29) is 24.3 Å². The zero-order chi connectivity index (χ0) is 21.7. The molecule has 4 rings (SSSR count). The zero-order valence-electron chi connectivity index (χ0n) is 17.6. The maximum Gasteiger partial charge on any atom is 0.246 e. The summed E-state index contributed by atoms with van der Waals surface area (Å²) >= 11 is 0. The highest BCUT2D eigenvalue weighted by atomic mass is 16.5. The van der Waals surface area contributed by atoms with Crippen molar-refractivity contribution in [3.8, 4) is 0 Å². The normalized spacial score (nSPS) is 35.3. The highest BCUT2D eigenvalue weighted by molar-refractivity contribution is 5.99. The topological polar surface area (TPSA) is 108 Å². The standard InChI is InChI=1S/C22H29N3O5/c1-13(12-26)25-17(19(28)24-11-14-7-5-4-6-8-14)22-10-9-21(2,30-22)15(18(27)23-3)16(22)20(25)29/h4-8,13,15-17,26H,9-12H2,1-3H3,(H,23,27)(H,24,28)/t13-,15-,16+,17?,21+,22?/m1/s1. The van der Waals surface area contributed by atoms with Gasteiger partial charge in [0.1, 0.15) is 11.6 Å². The number of ether oxygens (including phenoxy) is 1. The van der Waals surface area contributed by atoms with Crippen molar-refractivity contribution in [2.45, 2.75) is 56.5 Å². The number of likely N-dealkylation sites (tertiary alicyclic amines) is 1. The number of nitrogens with one attached hydrogen (secondary N) is 2. The summed E-state index contributed by atoms with van der Waals surface area (Å²) in [5.41, 5.74) is -0.905. The summed E-state index contributed by atoms with van der Waals surface area (Å²) in [5.74, 6) is -2.27. The Morgan fingerprint density at radius 1 is 1.27 bits per heavy atom. The highest BCUT2D eigenvalue weighted by Gasteiger charge is 2.78. The number of amides is 3. The monoisotopic (exact) mass is 415 g/mol. The molecule has 3 aliphatic rings. The Labute approximate surface area is 176 Å². The van der Waals surface area contributed by atoms with Crippen LogP contribution in [0.5, 0.6) is 0 Å². The number of aliphatic hydroxyl groups is 1. The lowest BCUT2D eigenvalue weighted by molar-refractivity contribution is -0.149. The summed E-state index contributed by atoms with van der Waals surface area (Å²) in [7, 11) is 1.54. The second-order valence-corrected chi connectivity index (χ2v) is 8.82. The van der Waals surface area contributed by atoms with E-state index < -0.39 is 35.1 Å². The molecule has 3 amide bonds. The Morgan fingerprint density at radius 2 is 1.97 bits per heavy atom. The molecule has 0 radical (unpaired) electrons. The molecule has 3 aliphatic heterocycles. The van der Waals surface area contributed by atoms with Crippen molar-refractivity contribution in [1.82, 2.24) is 15.5 Å². The van der Waals surface area contributed by atoms with Crippen LogP contribution in [-0.2, 0) is 25.7 Å². The lowest BCUT2D eigenvalue weighted by Crippen LogP contribution is -2.57.